The van der Waals surface area contributed by atoms with Crippen LogP contribution in [0.1, 0.15) is 21.5 Å². The lowest BCUT2D eigenvalue weighted by molar-refractivity contribution is 0.102. The van der Waals surface area contributed by atoms with Crippen molar-refractivity contribution in [1.29, 1.82) is 0 Å². The first-order valence-corrected chi connectivity index (χ1v) is 8.31. The molecule has 1 heterocycles. The Kier molecular flexibility index (Phi) is 4.42. The van der Waals surface area contributed by atoms with Crippen LogP contribution >= 0.6 is 31.9 Å². The molecule has 1 aliphatic heterocycles. The number of carbonyl (C=O) groups is 1. The van der Waals surface area contributed by atoms with Gasteiger partial charge in [0.05, 0.1) is 5.56 Å². The molecule has 1 aliphatic rings. The van der Waals surface area contributed by atoms with Crippen molar-refractivity contribution < 1.29 is 4.79 Å². The van der Waals surface area contributed by atoms with Crippen molar-refractivity contribution in [3.05, 3.63) is 62.0 Å². The molecule has 2 aromatic carbocycles. The second-order valence-electron chi connectivity index (χ2n) is 4.95. The van der Waals surface area contributed by atoms with Crippen LogP contribution in [0.15, 0.2) is 45.3 Å². The van der Waals surface area contributed by atoms with Gasteiger partial charge in [0.2, 0.25) is 0 Å². The summed E-state index contributed by atoms with van der Waals surface area (Å²) in [5.74, 6) is -0.109. The van der Waals surface area contributed by atoms with Gasteiger partial charge in [0, 0.05) is 21.2 Å². The van der Waals surface area contributed by atoms with Crippen molar-refractivity contribution in [2.75, 3.05) is 11.9 Å². The van der Waals surface area contributed by atoms with E-state index in [4.69, 9.17) is 0 Å². The number of halogens is 2. The van der Waals surface area contributed by atoms with Gasteiger partial charge in [0.1, 0.15) is 0 Å². The minimum Gasteiger partial charge on any atom is -0.322 e. The van der Waals surface area contributed by atoms with Gasteiger partial charge >= 0.3 is 0 Å². The highest BCUT2D eigenvalue weighted by Gasteiger charge is 2.16. The number of rotatable bonds is 2. The molecule has 3 nitrogen and oxygen atoms in total. The molecule has 0 atom stereocenters. The van der Waals surface area contributed by atoms with E-state index in [1.807, 2.05) is 30.3 Å². The van der Waals surface area contributed by atoms with Crippen molar-refractivity contribution in [1.82, 2.24) is 5.32 Å². The highest BCUT2D eigenvalue weighted by molar-refractivity contribution is 9.11. The lowest BCUT2D eigenvalue weighted by Crippen LogP contribution is -2.25. The summed E-state index contributed by atoms with van der Waals surface area (Å²) in [6, 6.07) is 11.6. The predicted molar refractivity (Wildman–Crippen MR) is 91.6 cm³/mol. The van der Waals surface area contributed by atoms with Crippen LogP contribution in [0.3, 0.4) is 0 Å². The highest BCUT2D eigenvalue weighted by atomic mass is 79.9. The molecule has 0 bridgehead atoms. The fourth-order valence-electron chi connectivity index (χ4n) is 2.49. The Morgan fingerprint density at radius 1 is 1.19 bits per heavy atom. The van der Waals surface area contributed by atoms with Crippen LogP contribution < -0.4 is 10.6 Å². The van der Waals surface area contributed by atoms with E-state index < -0.39 is 0 Å². The van der Waals surface area contributed by atoms with E-state index in [9.17, 15) is 4.79 Å². The van der Waals surface area contributed by atoms with Crippen LogP contribution in [-0.2, 0) is 13.0 Å². The number of carbonyl (C=O) groups excluding carboxylic acids is 1. The van der Waals surface area contributed by atoms with Gasteiger partial charge < -0.3 is 10.6 Å². The largest absolute Gasteiger partial charge is 0.322 e. The second kappa shape index (κ2) is 6.30. The van der Waals surface area contributed by atoms with Gasteiger partial charge in [-0.2, -0.15) is 0 Å². The number of anilines is 1. The molecule has 0 fully saturated rings. The van der Waals surface area contributed by atoms with E-state index in [-0.39, 0.29) is 5.91 Å². The molecule has 108 valence electrons. The Morgan fingerprint density at radius 3 is 2.90 bits per heavy atom. The summed E-state index contributed by atoms with van der Waals surface area (Å²) in [7, 11) is 0. The quantitative estimate of drug-likeness (QED) is 0.783. The molecule has 2 N–H and O–H groups in total. The fourth-order valence-corrected chi connectivity index (χ4v) is 3.28. The standard InChI is InChI=1S/C16H14Br2N2O/c17-11-4-5-14(18)12(8-11)16(21)20-15-3-1-2-10-6-7-19-9-13(10)15/h1-5,8,19H,6-7,9H2,(H,20,21). The van der Waals surface area contributed by atoms with Crippen molar-refractivity contribution in [3.63, 3.8) is 0 Å². The molecule has 2 aromatic rings. The summed E-state index contributed by atoms with van der Waals surface area (Å²) < 4.78 is 1.67. The number of benzene rings is 2. The van der Waals surface area contributed by atoms with Gasteiger partial charge in [0.25, 0.3) is 5.91 Å². The van der Waals surface area contributed by atoms with E-state index in [1.165, 1.54) is 11.1 Å². The first-order chi connectivity index (χ1) is 10.1. The van der Waals surface area contributed by atoms with Gasteiger partial charge in [-0.3, -0.25) is 4.79 Å². The van der Waals surface area contributed by atoms with E-state index in [2.05, 4.69) is 48.6 Å². The Balaban J connectivity index is 1.90. The van der Waals surface area contributed by atoms with Crippen LogP contribution in [0.4, 0.5) is 5.69 Å². The average molecular weight is 410 g/mol. The molecule has 0 unspecified atom stereocenters. The molecular weight excluding hydrogens is 396 g/mol. The Labute approximate surface area is 140 Å². The van der Waals surface area contributed by atoms with Gasteiger partial charge in [-0.1, -0.05) is 28.1 Å². The van der Waals surface area contributed by atoms with Crippen LogP contribution in [0.2, 0.25) is 0 Å². The molecule has 0 radical (unpaired) electrons. The third-order valence-corrected chi connectivity index (χ3v) is 4.75. The molecule has 0 spiro atoms. The van der Waals surface area contributed by atoms with E-state index in [0.717, 1.165) is 34.1 Å². The SMILES string of the molecule is O=C(Nc1cccc2c1CNCC2)c1cc(Br)ccc1Br. The van der Waals surface area contributed by atoms with Gasteiger partial charge in [-0.15, -0.1) is 0 Å². The van der Waals surface area contributed by atoms with Crippen molar-refractivity contribution in [3.8, 4) is 0 Å². The minimum atomic E-state index is -0.109. The van der Waals surface area contributed by atoms with Crippen LogP contribution in [-0.4, -0.2) is 12.5 Å². The molecule has 1 amide bonds. The normalized spacial score (nSPS) is 13.6. The second-order valence-corrected chi connectivity index (χ2v) is 6.72. The predicted octanol–water partition coefficient (Wildman–Crippen LogP) is 4.11. The smallest absolute Gasteiger partial charge is 0.256 e. The minimum absolute atomic E-state index is 0.109. The third-order valence-electron chi connectivity index (χ3n) is 3.57. The molecule has 3 rings (SSSR count). The Bertz CT molecular complexity index is 701. The lowest BCUT2D eigenvalue weighted by atomic mass is 9.99. The number of fused-ring (bicyclic) bond motifs is 1. The summed E-state index contributed by atoms with van der Waals surface area (Å²) in [6.07, 6.45) is 1.000. The molecular formula is C16H14Br2N2O. The summed E-state index contributed by atoms with van der Waals surface area (Å²) in [6.45, 7) is 1.78. The van der Waals surface area contributed by atoms with E-state index in [1.54, 1.807) is 0 Å². The highest BCUT2D eigenvalue weighted by Crippen LogP contribution is 2.26. The fraction of sp³-hybridized carbons (Fsp3) is 0.188. The van der Waals surface area contributed by atoms with Gasteiger partial charge in [0.15, 0.2) is 0 Å². The van der Waals surface area contributed by atoms with Gasteiger partial charge in [-0.05, 0) is 64.3 Å². The number of hydrogen-bond donors (Lipinski definition) is 2. The van der Waals surface area contributed by atoms with Crippen LogP contribution in [0.25, 0.3) is 0 Å². The topological polar surface area (TPSA) is 41.1 Å². The molecule has 21 heavy (non-hydrogen) atoms. The monoisotopic (exact) mass is 408 g/mol. The molecule has 0 aromatic heterocycles. The average Bonchev–Trinajstić information content (AvgIpc) is 2.50. The maximum Gasteiger partial charge on any atom is 0.256 e. The van der Waals surface area contributed by atoms with Gasteiger partial charge in [-0.25, -0.2) is 0 Å². The Morgan fingerprint density at radius 2 is 2.05 bits per heavy atom. The lowest BCUT2D eigenvalue weighted by Gasteiger charge is -2.20. The van der Waals surface area contributed by atoms with Crippen molar-refractivity contribution in [2.45, 2.75) is 13.0 Å². The van der Waals surface area contributed by atoms with Crippen molar-refractivity contribution >= 4 is 43.5 Å². The first kappa shape index (κ1) is 14.8. The van der Waals surface area contributed by atoms with E-state index in [0.29, 0.717) is 5.56 Å². The zero-order valence-corrected chi connectivity index (χ0v) is 14.4. The first-order valence-electron chi connectivity index (χ1n) is 6.73. The zero-order chi connectivity index (χ0) is 14.8. The number of hydrogen-bond acceptors (Lipinski definition) is 2. The summed E-state index contributed by atoms with van der Waals surface area (Å²) in [4.78, 5) is 12.5. The Hall–Kier alpha value is -1.17. The summed E-state index contributed by atoms with van der Waals surface area (Å²) >= 11 is 6.82. The molecule has 0 saturated carbocycles. The van der Waals surface area contributed by atoms with E-state index >= 15 is 0 Å². The number of amides is 1. The molecule has 0 aliphatic carbocycles. The maximum atomic E-state index is 12.5. The molecule has 0 saturated heterocycles. The number of nitrogens with one attached hydrogen (secondary N) is 2. The summed E-state index contributed by atoms with van der Waals surface area (Å²) in [5, 5.41) is 6.37. The van der Waals surface area contributed by atoms with Crippen LogP contribution in [0, 0.1) is 0 Å². The molecule has 5 heteroatoms. The zero-order valence-electron chi connectivity index (χ0n) is 11.2. The third kappa shape index (κ3) is 3.20. The van der Waals surface area contributed by atoms with Crippen molar-refractivity contribution in [2.24, 2.45) is 0 Å². The maximum absolute atomic E-state index is 12.5. The summed E-state index contributed by atoms with van der Waals surface area (Å²) in [5.41, 5.74) is 3.99. The van der Waals surface area contributed by atoms with Crippen LogP contribution in [0.5, 0.6) is 0 Å².